The molecule has 3 heterocycles. The summed E-state index contributed by atoms with van der Waals surface area (Å²) >= 11 is 0. The average molecular weight is 427 g/mol. The number of benzene rings is 2. The van der Waals surface area contributed by atoms with Gasteiger partial charge in [0.25, 0.3) is 0 Å². The van der Waals surface area contributed by atoms with Crippen molar-refractivity contribution in [2.24, 2.45) is 5.10 Å². The topological polar surface area (TPSA) is 37.3 Å². The summed E-state index contributed by atoms with van der Waals surface area (Å²) in [6, 6.07) is 14.0. The summed E-state index contributed by atoms with van der Waals surface area (Å²) < 4.78 is 47.1. The molecule has 0 amide bonds. The van der Waals surface area contributed by atoms with Gasteiger partial charge in [-0.05, 0) is 59.9 Å². The van der Waals surface area contributed by atoms with E-state index in [9.17, 15) is 13.2 Å². The van der Waals surface area contributed by atoms with Crippen molar-refractivity contribution in [2.45, 2.75) is 25.3 Å². The van der Waals surface area contributed by atoms with Crippen LogP contribution in [0.5, 0.6) is 11.5 Å². The first-order valence-corrected chi connectivity index (χ1v) is 10.0. The van der Waals surface area contributed by atoms with Crippen LogP contribution in [-0.2, 0) is 6.42 Å². The summed E-state index contributed by atoms with van der Waals surface area (Å²) in [4.78, 5) is 2.02. The van der Waals surface area contributed by atoms with E-state index in [1.807, 2.05) is 46.5 Å². The summed E-state index contributed by atoms with van der Waals surface area (Å²) in [7, 11) is 0. The minimum atomic E-state index is -4.69. The highest BCUT2D eigenvalue weighted by Crippen LogP contribution is 2.30. The minimum Gasteiger partial charge on any atom is -0.488 e. The number of amidine groups is 1. The van der Waals surface area contributed by atoms with E-state index < -0.39 is 6.36 Å². The van der Waals surface area contributed by atoms with E-state index in [4.69, 9.17) is 4.74 Å². The van der Waals surface area contributed by atoms with Crippen molar-refractivity contribution in [1.29, 1.82) is 0 Å². The van der Waals surface area contributed by atoms with E-state index in [1.165, 1.54) is 17.7 Å². The Kier molecular flexibility index (Phi) is 4.84. The van der Waals surface area contributed by atoms with Crippen LogP contribution in [0, 0.1) is 0 Å². The lowest BCUT2D eigenvalue weighted by Crippen LogP contribution is -2.36. The van der Waals surface area contributed by atoms with Crippen molar-refractivity contribution in [3.8, 4) is 11.5 Å². The molecule has 8 heteroatoms. The average Bonchev–Trinajstić information content (AvgIpc) is 3.14. The molecule has 31 heavy (non-hydrogen) atoms. The van der Waals surface area contributed by atoms with Crippen LogP contribution < -0.4 is 9.47 Å². The Morgan fingerprint density at radius 2 is 1.87 bits per heavy atom. The van der Waals surface area contributed by atoms with Gasteiger partial charge in [-0.15, -0.1) is 13.2 Å². The zero-order valence-electron chi connectivity index (χ0n) is 16.5. The molecular formula is C23H20F3N3O2. The maximum Gasteiger partial charge on any atom is 0.573 e. The third-order valence-corrected chi connectivity index (χ3v) is 5.40. The number of alkyl halides is 3. The third-order valence-electron chi connectivity index (χ3n) is 5.40. The number of ether oxygens (including phenoxy) is 2. The maximum atomic E-state index is 12.3. The largest absolute Gasteiger partial charge is 0.573 e. The molecule has 1 unspecified atom stereocenters. The van der Waals surface area contributed by atoms with Gasteiger partial charge in [0.1, 0.15) is 24.3 Å². The standard InChI is InChI=1S/C23H20F3N3O2/c24-23(25,26)31-19-9-5-16(6-10-19)18-8-12-22-27-29(15-28(22)13-18)14-20-11-7-17-3-1-2-4-21(17)30-20/h1-6,8-10,12-13,20H,7,11,14-15H2. The fourth-order valence-corrected chi connectivity index (χ4v) is 3.96. The monoisotopic (exact) mass is 427 g/mol. The number of hydrazone groups is 1. The van der Waals surface area contributed by atoms with Gasteiger partial charge in [0.15, 0.2) is 5.84 Å². The summed E-state index contributed by atoms with van der Waals surface area (Å²) in [6.07, 6.45) is 3.09. The van der Waals surface area contributed by atoms with Gasteiger partial charge in [0.05, 0.1) is 6.54 Å². The lowest BCUT2D eigenvalue weighted by molar-refractivity contribution is -0.274. The zero-order valence-corrected chi connectivity index (χ0v) is 16.5. The van der Waals surface area contributed by atoms with Crippen LogP contribution in [0.4, 0.5) is 13.2 Å². The Labute approximate surface area is 177 Å². The highest BCUT2D eigenvalue weighted by Gasteiger charge is 2.31. The molecule has 0 aliphatic carbocycles. The normalized spacial score (nSPS) is 19.9. The Bertz CT molecular complexity index is 1060. The third kappa shape index (κ3) is 4.38. The molecule has 0 saturated carbocycles. The first kappa shape index (κ1) is 19.5. The van der Waals surface area contributed by atoms with Crippen LogP contribution in [0.1, 0.15) is 17.5 Å². The van der Waals surface area contributed by atoms with Crippen molar-refractivity contribution in [2.75, 3.05) is 13.2 Å². The van der Waals surface area contributed by atoms with Crippen LogP contribution in [0.3, 0.4) is 0 Å². The molecule has 0 saturated heterocycles. The molecule has 2 aromatic rings. The predicted octanol–water partition coefficient (Wildman–Crippen LogP) is 4.78. The van der Waals surface area contributed by atoms with Gasteiger partial charge in [-0.1, -0.05) is 30.3 Å². The van der Waals surface area contributed by atoms with Crippen LogP contribution in [0.2, 0.25) is 0 Å². The molecule has 0 N–H and O–H groups in total. The van der Waals surface area contributed by atoms with Crippen LogP contribution in [0.25, 0.3) is 5.57 Å². The van der Waals surface area contributed by atoms with Crippen molar-refractivity contribution in [3.63, 3.8) is 0 Å². The molecule has 5 rings (SSSR count). The van der Waals surface area contributed by atoms with Crippen molar-refractivity contribution >= 4 is 11.4 Å². The zero-order chi connectivity index (χ0) is 21.4. The van der Waals surface area contributed by atoms with E-state index in [-0.39, 0.29) is 11.9 Å². The number of para-hydroxylation sites is 1. The molecule has 3 aliphatic heterocycles. The summed E-state index contributed by atoms with van der Waals surface area (Å²) in [5.74, 6) is 1.54. The summed E-state index contributed by atoms with van der Waals surface area (Å²) in [6.45, 7) is 1.29. The highest BCUT2D eigenvalue weighted by atomic mass is 19.4. The Morgan fingerprint density at radius 3 is 2.68 bits per heavy atom. The van der Waals surface area contributed by atoms with Crippen LogP contribution in [-0.4, -0.2) is 41.4 Å². The number of hydrogen-bond acceptors (Lipinski definition) is 5. The minimum absolute atomic E-state index is 0.0780. The second-order valence-corrected chi connectivity index (χ2v) is 7.63. The molecule has 1 atom stereocenters. The van der Waals surface area contributed by atoms with Gasteiger partial charge < -0.3 is 14.4 Å². The summed E-state index contributed by atoms with van der Waals surface area (Å²) in [5, 5.41) is 6.65. The molecule has 160 valence electrons. The Balaban J connectivity index is 1.22. The molecule has 2 aromatic carbocycles. The second kappa shape index (κ2) is 7.68. The number of rotatable bonds is 4. The smallest absolute Gasteiger partial charge is 0.488 e. The lowest BCUT2D eigenvalue weighted by Gasteiger charge is -2.29. The second-order valence-electron chi connectivity index (χ2n) is 7.63. The van der Waals surface area contributed by atoms with Gasteiger partial charge in [0, 0.05) is 6.20 Å². The van der Waals surface area contributed by atoms with Gasteiger partial charge in [-0.2, -0.15) is 5.10 Å². The Morgan fingerprint density at radius 1 is 1.06 bits per heavy atom. The van der Waals surface area contributed by atoms with Crippen molar-refractivity contribution in [3.05, 3.63) is 78.0 Å². The van der Waals surface area contributed by atoms with E-state index in [0.29, 0.717) is 13.2 Å². The van der Waals surface area contributed by atoms with E-state index >= 15 is 0 Å². The first-order chi connectivity index (χ1) is 14.9. The molecule has 0 aromatic heterocycles. The molecular weight excluding hydrogens is 407 g/mol. The van der Waals surface area contributed by atoms with Gasteiger partial charge in [-0.3, -0.25) is 5.01 Å². The van der Waals surface area contributed by atoms with E-state index in [0.717, 1.165) is 35.6 Å². The SMILES string of the molecule is FC(F)(F)Oc1ccc(C2=CN3CN(CC4CCc5ccccc5O4)N=C3C=C2)cc1. The quantitative estimate of drug-likeness (QED) is 0.704. The molecule has 0 bridgehead atoms. The Hall–Kier alpha value is -3.42. The number of aryl methyl sites for hydroxylation is 1. The van der Waals surface area contributed by atoms with Gasteiger partial charge in [-0.25, -0.2) is 0 Å². The van der Waals surface area contributed by atoms with Gasteiger partial charge in [0.2, 0.25) is 0 Å². The number of halogens is 3. The lowest BCUT2D eigenvalue weighted by atomic mass is 10.0. The first-order valence-electron chi connectivity index (χ1n) is 10.0. The molecule has 0 radical (unpaired) electrons. The van der Waals surface area contributed by atoms with Crippen LogP contribution >= 0.6 is 0 Å². The molecule has 0 spiro atoms. The fourth-order valence-electron chi connectivity index (χ4n) is 3.96. The van der Waals surface area contributed by atoms with E-state index in [1.54, 1.807) is 12.1 Å². The van der Waals surface area contributed by atoms with Gasteiger partial charge >= 0.3 is 6.36 Å². The number of allylic oxidation sites excluding steroid dienone is 2. The van der Waals surface area contributed by atoms with Crippen LogP contribution in [0.15, 0.2) is 72.0 Å². The number of fused-ring (bicyclic) bond motifs is 2. The number of nitrogens with zero attached hydrogens (tertiary/aromatic N) is 3. The fraction of sp³-hybridized carbons (Fsp3) is 0.261. The predicted molar refractivity (Wildman–Crippen MR) is 110 cm³/mol. The molecule has 3 aliphatic rings. The van der Waals surface area contributed by atoms with E-state index in [2.05, 4.69) is 15.9 Å². The highest BCUT2D eigenvalue weighted by molar-refractivity contribution is 6.00. The summed E-state index contributed by atoms with van der Waals surface area (Å²) in [5.41, 5.74) is 2.93. The maximum absolute atomic E-state index is 12.3. The van der Waals surface area contributed by atoms with Crippen molar-refractivity contribution < 1.29 is 22.6 Å². The number of hydrogen-bond donors (Lipinski definition) is 0. The van der Waals surface area contributed by atoms with Crippen molar-refractivity contribution in [1.82, 2.24) is 9.91 Å². The molecule has 0 fully saturated rings. The molecule has 5 nitrogen and oxygen atoms in total.